The second kappa shape index (κ2) is 10.7. The van der Waals surface area contributed by atoms with E-state index < -0.39 is 84.7 Å². The predicted molar refractivity (Wildman–Crippen MR) is 107 cm³/mol. The number of aromatic nitrogens is 2. The average molecular weight is 491 g/mol. The SMILES string of the molecule is Cc1cn([C@@H]2O[C@H]([C@@H](NC(=O)[C@@H](N)[C@H](O)[C@@H](O)COC(N)=O)C(=O)O)[C@@H](O)[C@H]2O)c(=O)[nH]c1=O. The number of H-pyrrole nitrogens is 1. The summed E-state index contributed by atoms with van der Waals surface area (Å²) in [7, 11) is 0. The van der Waals surface area contributed by atoms with Gasteiger partial charge in [-0.25, -0.2) is 14.4 Å². The monoisotopic (exact) mass is 491 g/mol. The van der Waals surface area contributed by atoms with Gasteiger partial charge in [-0.3, -0.25) is 19.1 Å². The van der Waals surface area contributed by atoms with Crippen molar-refractivity contribution in [1.29, 1.82) is 0 Å². The van der Waals surface area contributed by atoms with Crippen LogP contribution in [0.1, 0.15) is 11.8 Å². The lowest BCUT2D eigenvalue weighted by Gasteiger charge is -2.27. The number of carboxylic acid groups (broad SMARTS) is 1. The molecule has 190 valence electrons. The molecule has 17 heteroatoms. The maximum atomic E-state index is 12.4. The molecular weight excluding hydrogens is 466 g/mol. The molecule has 1 aromatic heterocycles. The fourth-order valence-electron chi connectivity index (χ4n) is 3.16. The van der Waals surface area contributed by atoms with Gasteiger partial charge in [0, 0.05) is 11.8 Å². The highest BCUT2D eigenvalue weighted by atomic mass is 16.6. The Kier molecular flexibility index (Phi) is 8.48. The summed E-state index contributed by atoms with van der Waals surface area (Å²) >= 11 is 0. The summed E-state index contributed by atoms with van der Waals surface area (Å²) in [5.41, 5.74) is 8.58. The first kappa shape index (κ1) is 26.9. The molecule has 2 heterocycles. The van der Waals surface area contributed by atoms with E-state index in [0.29, 0.717) is 0 Å². The number of nitrogens with one attached hydrogen (secondary N) is 2. The van der Waals surface area contributed by atoms with Crippen molar-refractivity contribution in [3.05, 3.63) is 32.6 Å². The van der Waals surface area contributed by atoms with E-state index in [0.717, 1.165) is 10.8 Å². The number of aliphatic hydroxyl groups excluding tert-OH is 4. The third-order valence-corrected chi connectivity index (χ3v) is 5.05. The summed E-state index contributed by atoms with van der Waals surface area (Å²) in [5.74, 6) is -3.06. The van der Waals surface area contributed by atoms with Gasteiger partial charge in [0.25, 0.3) is 5.56 Å². The summed E-state index contributed by atoms with van der Waals surface area (Å²) in [6, 6.07) is -3.98. The molecule has 0 aliphatic carbocycles. The van der Waals surface area contributed by atoms with Crippen molar-refractivity contribution in [1.82, 2.24) is 14.9 Å². The van der Waals surface area contributed by atoms with E-state index in [1.165, 1.54) is 6.92 Å². The summed E-state index contributed by atoms with van der Waals surface area (Å²) in [6.45, 7) is 0.533. The quantitative estimate of drug-likeness (QED) is 0.156. The number of carbonyl (C=O) groups excluding carboxylic acids is 2. The lowest BCUT2D eigenvalue weighted by Crippen LogP contribution is -2.60. The molecule has 0 saturated carbocycles. The maximum Gasteiger partial charge on any atom is 0.404 e. The second-order valence-electron chi connectivity index (χ2n) is 7.49. The highest BCUT2D eigenvalue weighted by Crippen LogP contribution is 2.30. The molecule has 0 radical (unpaired) electrons. The van der Waals surface area contributed by atoms with E-state index in [2.05, 4.69) is 4.74 Å². The molecule has 11 N–H and O–H groups in total. The van der Waals surface area contributed by atoms with Crippen LogP contribution in [-0.2, 0) is 19.1 Å². The fourth-order valence-corrected chi connectivity index (χ4v) is 3.16. The van der Waals surface area contributed by atoms with Crippen LogP contribution >= 0.6 is 0 Å². The lowest BCUT2D eigenvalue weighted by atomic mass is 10.0. The number of nitrogens with zero attached hydrogens (tertiary/aromatic N) is 1. The molecule has 0 bridgehead atoms. The fraction of sp³-hybridized carbons (Fsp3) is 0.588. The van der Waals surface area contributed by atoms with Crippen LogP contribution in [0.5, 0.6) is 0 Å². The largest absolute Gasteiger partial charge is 0.480 e. The number of rotatable bonds is 9. The van der Waals surface area contributed by atoms with Crippen LogP contribution in [0.4, 0.5) is 4.79 Å². The number of amides is 2. The first-order valence-corrected chi connectivity index (χ1v) is 9.67. The zero-order chi connectivity index (χ0) is 25.9. The number of aliphatic hydroxyl groups is 4. The van der Waals surface area contributed by atoms with E-state index in [4.69, 9.17) is 16.2 Å². The van der Waals surface area contributed by atoms with Crippen molar-refractivity contribution < 1.29 is 49.4 Å². The number of carboxylic acids is 1. The molecule has 1 fully saturated rings. The summed E-state index contributed by atoms with van der Waals surface area (Å²) in [6.07, 6.45) is -11.3. The van der Waals surface area contributed by atoms with Crippen LogP contribution in [0.25, 0.3) is 0 Å². The van der Waals surface area contributed by atoms with Crippen LogP contribution in [0.15, 0.2) is 15.8 Å². The molecule has 1 aliphatic rings. The number of aromatic amines is 1. The molecule has 1 saturated heterocycles. The molecule has 2 amide bonds. The summed E-state index contributed by atoms with van der Waals surface area (Å²) in [5, 5.41) is 51.8. The molecule has 8 atom stereocenters. The van der Waals surface area contributed by atoms with Gasteiger partial charge in [-0.2, -0.15) is 0 Å². The maximum absolute atomic E-state index is 12.4. The Bertz CT molecular complexity index is 1040. The van der Waals surface area contributed by atoms with Gasteiger partial charge in [0.15, 0.2) is 12.3 Å². The third-order valence-electron chi connectivity index (χ3n) is 5.05. The minimum absolute atomic E-state index is 0.0512. The minimum atomic E-state index is -2.04. The average Bonchev–Trinajstić information content (AvgIpc) is 3.05. The molecule has 0 spiro atoms. The van der Waals surface area contributed by atoms with E-state index >= 15 is 0 Å². The van der Waals surface area contributed by atoms with Gasteiger partial charge in [0.1, 0.15) is 43.2 Å². The van der Waals surface area contributed by atoms with Gasteiger partial charge in [-0.1, -0.05) is 0 Å². The molecule has 1 aromatic rings. The number of carbonyl (C=O) groups is 3. The Labute approximate surface area is 189 Å². The third kappa shape index (κ3) is 5.76. The van der Waals surface area contributed by atoms with E-state index in [-0.39, 0.29) is 5.56 Å². The number of aryl methyl sites for hydroxylation is 1. The zero-order valence-corrected chi connectivity index (χ0v) is 17.6. The number of hydrogen-bond acceptors (Lipinski definition) is 12. The molecular formula is C17H25N5O12. The van der Waals surface area contributed by atoms with Gasteiger partial charge in [0.2, 0.25) is 5.91 Å². The van der Waals surface area contributed by atoms with Crippen LogP contribution in [0.2, 0.25) is 0 Å². The number of primary amides is 1. The number of hydrogen-bond donors (Lipinski definition) is 9. The normalized spacial score (nSPS) is 25.7. The van der Waals surface area contributed by atoms with Crippen molar-refractivity contribution in [3.8, 4) is 0 Å². The van der Waals surface area contributed by atoms with Gasteiger partial charge < -0.3 is 51.8 Å². The van der Waals surface area contributed by atoms with Crippen molar-refractivity contribution >= 4 is 18.0 Å². The van der Waals surface area contributed by atoms with Gasteiger partial charge in [-0.05, 0) is 6.92 Å². The molecule has 0 aromatic carbocycles. The van der Waals surface area contributed by atoms with Crippen LogP contribution in [0, 0.1) is 6.92 Å². The Hall–Kier alpha value is -3.35. The van der Waals surface area contributed by atoms with Gasteiger partial charge in [0.05, 0.1) is 0 Å². The summed E-state index contributed by atoms with van der Waals surface area (Å²) < 4.78 is 10.4. The van der Waals surface area contributed by atoms with Crippen LogP contribution < -0.4 is 28.0 Å². The van der Waals surface area contributed by atoms with Crippen molar-refractivity contribution in [2.45, 2.75) is 55.8 Å². The minimum Gasteiger partial charge on any atom is -0.480 e. The number of nitrogens with two attached hydrogens (primary N) is 2. The van der Waals surface area contributed by atoms with Crippen molar-refractivity contribution in [2.24, 2.45) is 11.5 Å². The van der Waals surface area contributed by atoms with Gasteiger partial charge >= 0.3 is 17.8 Å². The molecule has 1 aliphatic heterocycles. The van der Waals surface area contributed by atoms with E-state index in [1.54, 1.807) is 0 Å². The van der Waals surface area contributed by atoms with E-state index in [9.17, 15) is 49.5 Å². The lowest BCUT2D eigenvalue weighted by molar-refractivity contribution is -0.150. The number of aliphatic carboxylic acids is 1. The van der Waals surface area contributed by atoms with Crippen molar-refractivity contribution in [3.63, 3.8) is 0 Å². The Balaban J connectivity index is 2.20. The van der Waals surface area contributed by atoms with Crippen LogP contribution in [0.3, 0.4) is 0 Å². The second-order valence-corrected chi connectivity index (χ2v) is 7.49. The zero-order valence-electron chi connectivity index (χ0n) is 17.6. The standard InChI is InChI=1S/C17H25N5O12/c1-4-2-22(17(32)21-12(4)27)14-10(26)9(25)11(34-14)7(15(29)30)20-13(28)6(18)8(24)5(23)3-33-16(19)31/h2,5-11,14,23-26H,3,18H2,1H3,(H2,19,31)(H,20,28)(H,29,30)(H,21,27,32)/t5-,6-,7+,8+,9-,10+,11+,14+/m0/s1. The molecule has 0 unspecified atom stereocenters. The predicted octanol–water partition coefficient (Wildman–Crippen LogP) is -5.82. The first-order chi connectivity index (χ1) is 15.8. The Morgan fingerprint density at radius 2 is 1.88 bits per heavy atom. The first-order valence-electron chi connectivity index (χ1n) is 9.67. The Morgan fingerprint density at radius 3 is 2.44 bits per heavy atom. The highest BCUT2D eigenvalue weighted by molar-refractivity contribution is 5.87. The van der Waals surface area contributed by atoms with Crippen LogP contribution in [-0.4, -0.2) is 102 Å². The molecule has 17 nitrogen and oxygen atoms in total. The van der Waals surface area contributed by atoms with Crippen molar-refractivity contribution in [2.75, 3.05) is 6.61 Å². The summed E-state index contributed by atoms with van der Waals surface area (Å²) in [4.78, 5) is 60.3. The molecule has 2 rings (SSSR count). The molecule has 34 heavy (non-hydrogen) atoms. The topological polar surface area (TPSA) is 290 Å². The Morgan fingerprint density at radius 1 is 1.26 bits per heavy atom. The number of ether oxygens (including phenoxy) is 2. The smallest absolute Gasteiger partial charge is 0.404 e. The van der Waals surface area contributed by atoms with Gasteiger partial charge in [-0.15, -0.1) is 0 Å². The van der Waals surface area contributed by atoms with E-state index in [1.807, 2.05) is 10.3 Å². The highest BCUT2D eigenvalue weighted by Gasteiger charge is 2.50.